The molecule has 0 heterocycles. The predicted octanol–water partition coefficient (Wildman–Crippen LogP) is 2.58. The molecule has 0 saturated heterocycles. The fourth-order valence-corrected chi connectivity index (χ4v) is 2.23. The van der Waals surface area contributed by atoms with Gasteiger partial charge in [-0.05, 0) is 50.5 Å². The van der Waals surface area contributed by atoms with Gasteiger partial charge in [0.15, 0.2) is 5.78 Å². The van der Waals surface area contributed by atoms with Crippen LogP contribution in [0.25, 0.3) is 0 Å². The van der Waals surface area contributed by atoms with Crippen LogP contribution >= 0.6 is 0 Å². The summed E-state index contributed by atoms with van der Waals surface area (Å²) in [4.78, 5) is 22.9. The molecule has 0 aromatic heterocycles. The van der Waals surface area contributed by atoms with Gasteiger partial charge >= 0.3 is 6.03 Å². The highest BCUT2D eigenvalue weighted by Gasteiger charge is 2.37. The third-order valence-corrected chi connectivity index (χ3v) is 3.82. The van der Waals surface area contributed by atoms with Gasteiger partial charge in [-0.1, -0.05) is 0 Å². The zero-order chi connectivity index (χ0) is 14.6. The Morgan fingerprint density at radius 3 is 2.35 bits per heavy atom. The molecule has 1 aliphatic carbocycles. The molecule has 0 atom stereocenters. The molecular formula is C15H20N2O3. The van der Waals surface area contributed by atoms with E-state index in [0.29, 0.717) is 17.8 Å². The zero-order valence-electron chi connectivity index (χ0n) is 11.9. The number of amides is 2. The second-order valence-corrected chi connectivity index (χ2v) is 5.18. The normalized spacial score (nSPS) is 16.1. The Balaban J connectivity index is 1.83. The number of hydrogen-bond donors (Lipinski definition) is 2. The van der Waals surface area contributed by atoms with Gasteiger partial charge in [-0.2, -0.15) is 0 Å². The fraction of sp³-hybridized carbons (Fsp3) is 0.467. The summed E-state index contributed by atoms with van der Waals surface area (Å²) in [5.41, 5.74) is 1.10. The molecule has 1 aromatic rings. The Labute approximate surface area is 118 Å². The SMILES string of the molecule is COC1(CNC(=O)Nc2ccc(C(C)=O)cc2)CCC1. The van der Waals surface area contributed by atoms with Crippen LogP contribution in [0.4, 0.5) is 10.5 Å². The molecule has 2 N–H and O–H groups in total. The van der Waals surface area contributed by atoms with Crippen molar-refractivity contribution in [2.75, 3.05) is 19.0 Å². The van der Waals surface area contributed by atoms with Crippen LogP contribution in [-0.4, -0.2) is 31.1 Å². The van der Waals surface area contributed by atoms with Crippen LogP contribution < -0.4 is 10.6 Å². The molecule has 0 bridgehead atoms. The Kier molecular flexibility index (Phi) is 4.39. The number of benzene rings is 1. The van der Waals surface area contributed by atoms with Gasteiger partial charge in [-0.25, -0.2) is 4.79 Å². The van der Waals surface area contributed by atoms with Crippen LogP contribution in [0, 0.1) is 0 Å². The van der Waals surface area contributed by atoms with E-state index in [1.165, 1.54) is 6.92 Å². The van der Waals surface area contributed by atoms with E-state index in [0.717, 1.165) is 19.3 Å². The van der Waals surface area contributed by atoms with Crippen LogP contribution in [0.15, 0.2) is 24.3 Å². The highest BCUT2D eigenvalue weighted by atomic mass is 16.5. The molecular weight excluding hydrogens is 256 g/mol. The van der Waals surface area contributed by atoms with E-state index in [2.05, 4.69) is 10.6 Å². The maximum atomic E-state index is 11.8. The maximum Gasteiger partial charge on any atom is 0.319 e. The van der Waals surface area contributed by atoms with Crippen LogP contribution in [0.1, 0.15) is 36.5 Å². The van der Waals surface area contributed by atoms with E-state index in [4.69, 9.17) is 4.74 Å². The highest BCUT2D eigenvalue weighted by Crippen LogP contribution is 2.34. The van der Waals surface area contributed by atoms with Gasteiger partial charge in [0, 0.05) is 24.9 Å². The number of rotatable bonds is 5. The van der Waals surface area contributed by atoms with Gasteiger partial charge in [-0.3, -0.25) is 4.79 Å². The monoisotopic (exact) mass is 276 g/mol. The standard InChI is InChI=1S/C15H20N2O3/c1-11(18)12-4-6-13(7-5-12)17-14(19)16-10-15(20-2)8-3-9-15/h4-7H,3,8-10H2,1-2H3,(H2,16,17,19). The number of urea groups is 1. The van der Waals surface area contributed by atoms with E-state index in [1.54, 1.807) is 31.4 Å². The molecule has 1 aromatic carbocycles. The summed E-state index contributed by atoms with van der Waals surface area (Å²) in [6.07, 6.45) is 3.11. The minimum absolute atomic E-state index is 0.00743. The highest BCUT2D eigenvalue weighted by molar-refractivity contribution is 5.95. The zero-order valence-corrected chi connectivity index (χ0v) is 11.9. The van der Waals surface area contributed by atoms with Gasteiger partial charge in [0.05, 0.1) is 5.60 Å². The van der Waals surface area contributed by atoms with Crippen LogP contribution in [0.2, 0.25) is 0 Å². The summed E-state index contributed by atoms with van der Waals surface area (Å²) in [5, 5.41) is 5.56. The smallest absolute Gasteiger partial charge is 0.319 e. The lowest BCUT2D eigenvalue weighted by molar-refractivity contribution is -0.0671. The lowest BCUT2D eigenvalue weighted by Gasteiger charge is -2.40. The minimum Gasteiger partial charge on any atom is -0.376 e. The van der Waals surface area contributed by atoms with E-state index in [1.807, 2.05) is 0 Å². The lowest BCUT2D eigenvalue weighted by atomic mass is 9.80. The number of anilines is 1. The molecule has 0 spiro atoms. The number of carbonyl (C=O) groups is 2. The molecule has 5 nitrogen and oxygen atoms in total. The Bertz CT molecular complexity index is 487. The van der Waals surface area contributed by atoms with E-state index >= 15 is 0 Å². The van der Waals surface area contributed by atoms with Crippen LogP contribution in [-0.2, 0) is 4.74 Å². The first-order valence-electron chi connectivity index (χ1n) is 6.76. The summed E-state index contributed by atoms with van der Waals surface area (Å²) in [6, 6.07) is 6.56. The molecule has 1 aliphatic rings. The number of nitrogens with one attached hydrogen (secondary N) is 2. The number of Topliss-reactive ketones (excluding diaryl/α,β-unsaturated/α-hetero) is 1. The van der Waals surface area contributed by atoms with Gasteiger partial charge in [0.25, 0.3) is 0 Å². The first kappa shape index (κ1) is 14.5. The van der Waals surface area contributed by atoms with Crippen molar-refractivity contribution in [2.24, 2.45) is 0 Å². The third-order valence-electron chi connectivity index (χ3n) is 3.82. The van der Waals surface area contributed by atoms with Crippen molar-refractivity contribution in [1.29, 1.82) is 0 Å². The van der Waals surface area contributed by atoms with Gasteiger partial charge < -0.3 is 15.4 Å². The van der Waals surface area contributed by atoms with Gasteiger partial charge in [-0.15, -0.1) is 0 Å². The molecule has 0 aliphatic heterocycles. The van der Waals surface area contributed by atoms with Crippen molar-refractivity contribution >= 4 is 17.5 Å². The van der Waals surface area contributed by atoms with Crippen LogP contribution in [0.5, 0.6) is 0 Å². The molecule has 0 radical (unpaired) electrons. The summed E-state index contributed by atoms with van der Waals surface area (Å²) in [6.45, 7) is 2.03. The summed E-state index contributed by atoms with van der Waals surface area (Å²) >= 11 is 0. The minimum atomic E-state index is -0.260. The maximum absolute atomic E-state index is 11.8. The molecule has 1 fully saturated rings. The van der Waals surface area contributed by atoms with Crippen molar-refractivity contribution in [3.05, 3.63) is 29.8 Å². The average Bonchev–Trinajstić information content (AvgIpc) is 2.38. The van der Waals surface area contributed by atoms with Gasteiger partial charge in [0.1, 0.15) is 0 Å². The second kappa shape index (κ2) is 6.05. The van der Waals surface area contributed by atoms with E-state index in [-0.39, 0.29) is 17.4 Å². The van der Waals surface area contributed by atoms with Crippen molar-refractivity contribution in [2.45, 2.75) is 31.8 Å². The number of hydrogen-bond acceptors (Lipinski definition) is 3. The number of ether oxygens (including phenoxy) is 1. The average molecular weight is 276 g/mol. The van der Waals surface area contributed by atoms with E-state index in [9.17, 15) is 9.59 Å². The molecule has 1 saturated carbocycles. The van der Waals surface area contributed by atoms with Gasteiger partial charge in [0.2, 0.25) is 0 Å². The number of methoxy groups -OCH3 is 1. The second-order valence-electron chi connectivity index (χ2n) is 5.18. The summed E-state index contributed by atoms with van der Waals surface area (Å²) < 4.78 is 5.44. The van der Waals surface area contributed by atoms with Crippen molar-refractivity contribution in [1.82, 2.24) is 5.32 Å². The molecule has 2 amide bonds. The largest absolute Gasteiger partial charge is 0.376 e. The lowest BCUT2D eigenvalue weighted by Crippen LogP contribution is -2.50. The third kappa shape index (κ3) is 3.36. The number of carbonyl (C=O) groups excluding carboxylic acids is 2. The molecule has 20 heavy (non-hydrogen) atoms. The van der Waals surface area contributed by atoms with Crippen molar-refractivity contribution in [3.8, 4) is 0 Å². The van der Waals surface area contributed by atoms with Crippen LogP contribution in [0.3, 0.4) is 0 Å². The first-order valence-corrected chi connectivity index (χ1v) is 6.76. The Morgan fingerprint density at radius 2 is 1.90 bits per heavy atom. The Morgan fingerprint density at radius 1 is 1.25 bits per heavy atom. The Hall–Kier alpha value is -1.88. The fourth-order valence-electron chi connectivity index (χ4n) is 2.23. The number of ketones is 1. The summed E-state index contributed by atoms with van der Waals surface area (Å²) in [5.74, 6) is 0.00743. The van der Waals surface area contributed by atoms with Crippen molar-refractivity contribution < 1.29 is 14.3 Å². The predicted molar refractivity (Wildman–Crippen MR) is 77.1 cm³/mol. The van der Waals surface area contributed by atoms with E-state index < -0.39 is 0 Å². The molecule has 108 valence electrons. The first-order chi connectivity index (χ1) is 9.54. The summed E-state index contributed by atoms with van der Waals surface area (Å²) in [7, 11) is 1.68. The molecule has 2 rings (SSSR count). The topological polar surface area (TPSA) is 67.4 Å². The van der Waals surface area contributed by atoms with Crippen molar-refractivity contribution in [3.63, 3.8) is 0 Å². The molecule has 5 heteroatoms. The quantitative estimate of drug-likeness (QED) is 0.812. The molecule has 0 unspecified atom stereocenters.